The van der Waals surface area contributed by atoms with Gasteiger partial charge in [0.2, 0.25) is 0 Å². The number of nitrogens with zero attached hydrogens (tertiary/aromatic N) is 1. The summed E-state index contributed by atoms with van der Waals surface area (Å²) >= 11 is 2.12. The summed E-state index contributed by atoms with van der Waals surface area (Å²) in [5.41, 5.74) is 0. The first-order chi connectivity index (χ1) is 9.28. The number of hydrogen-bond acceptors (Lipinski definition) is 3. The Morgan fingerprint density at radius 3 is 2.42 bits per heavy atom. The van der Waals surface area contributed by atoms with Crippen molar-refractivity contribution in [1.29, 1.82) is 0 Å². The highest BCUT2D eigenvalue weighted by Gasteiger charge is 2.31. The van der Waals surface area contributed by atoms with Gasteiger partial charge in [-0.2, -0.15) is 11.8 Å². The number of rotatable bonds is 6. The molecule has 2 fully saturated rings. The molecule has 2 nitrogen and oxygen atoms in total. The van der Waals surface area contributed by atoms with Crippen LogP contribution in [0.5, 0.6) is 0 Å². The summed E-state index contributed by atoms with van der Waals surface area (Å²) in [4.78, 5) is 2.63. The summed E-state index contributed by atoms with van der Waals surface area (Å²) in [6.45, 7) is 7.43. The second-order valence-electron chi connectivity index (χ2n) is 6.44. The Balaban J connectivity index is 1.70. The highest BCUT2D eigenvalue weighted by Crippen LogP contribution is 2.38. The zero-order chi connectivity index (χ0) is 13.6. The van der Waals surface area contributed by atoms with Gasteiger partial charge < -0.3 is 10.2 Å². The molecule has 3 heteroatoms. The second kappa shape index (κ2) is 7.90. The maximum Gasteiger partial charge on any atom is 0.0281 e. The quantitative estimate of drug-likeness (QED) is 0.803. The highest BCUT2D eigenvalue weighted by molar-refractivity contribution is 8.00. The topological polar surface area (TPSA) is 15.3 Å². The third-order valence-corrected chi connectivity index (χ3v) is 6.46. The Morgan fingerprint density at radius 1 is 1.16 bits per heavy atom. The van der Waals surface area contributed by atoms with Gasteiger partial charge in [0.15, 0.2) is 0 Å². The molecule has 1 N–H and O–H groups in total. The lowest BCUT2D eigenvalue weighted by molar-refractivity contribution is 0.194. The van der Waals surface area contributed by atoms with Crippen LogP contribution in [0.2, 0.25) is 0 Å². The number of nitrogens with one attached hydrogen (secondary N) is 1. The molecular weight excluding hydrogens is 252 g/mol. The van der Waals surface area contributed by atoms with Gasteiger partial charge in [-0.15, -0.1) is 0 Å². The maximum absolute atomic E-state index is 3.90. The van der Waals surface area contributed by atoms with E-state index in [1.165, 1.54) is 77.5 Å². The predicted octanol–water partition coefficient (Wildman–Crippen LogP) is 3.52. The molecule has 2 aliphatic rings. The zero-order valence-corrected chi connectivity index (χ0v) is 13.7. The van der Waals surface area contributed by atoms with Gasteiger partial charge in [0.05, 0.1) is 0 Å². The van der Waals surface area contributed by atoms with Gasteiger partial charge in [0.25, 0.3) is 0 Å². The van der Waals surface area contributed by atoms with Gasteiger partial charge in [0.1, 0.15) is 0 Å². The summed E-state index contributed by atoms with van der Waals surface area (Å²) in [7, 11) is 0. The Labute approximate surface area is 124 Å². The largest absolute Gasteiger partial charge is 0.313 e. The van der Waals surface area contributed by atoms with Crippen molar-refractivity contribution in [3.05, 3.63) is 0 Å². The minimum absolute atomic E-state index is 0.554. The molecule has 1 saturated heterocycles. The van der Waals surface area contributed by atoms with E-state index in [0.717, 1.165) is 6.04 Å². The monoisotopic (exact) mass is 284 g/mol. The van der Waals surface area contributed by atoms with E-state index in [0.29, 0.717) is 4.75 Å². The average molecular weight is 285 g/mol. The smallest absolute Gasteiger partial charge is 0.0281 e. The molecule has 0 spiro atoms. The van der Waals surface area contributed by atoms with Gasteiger partial charge in [-0.3, -0.25) is 0 Å². The van der Waals surface area contributed by atoms with Gasteiger partial charge in [-0.05, 0) is 58.0 Å². The first kappa shape index (κ1) is 15.7. The van der Waals surface area contributed by atoms with Crippen LogP contribution in [0, 0.1) is 0 Å². The van der Waals surface area contributed by atoms with Crippen molar-refractivity contribution in [2.45, 2.75) is 69.1 Å². The number of likely N-dealkylation sites (tertiary alicyclic amines) is 1. The van der Waals surface area contributed by atoms with Crippen LogP contribution in [0.3, 0.4) is 0 Å². The fraction of sp³-hybridized carbons (Fsp3) is 1.00. The third-order valence-electron chi connectivity index (χ3n) is 5.04. The molecule has 19 heavy (non-hydrogen) atoms. The summed E-state index contributed by atoms with van der Waals surface area (Å²) in [6, 6.07) is 0.777. The lowest BCUT2D eigenvalue weighted by atomic mass is 9.87. The SMILES string of the molecule is CCCN1CCC(NCC2(SC)CCCCC2)CC1. The molecule has 1 heterocycles. The van der Waals surface area contributed by atoms with Crippen molar-refractivity contribution in [2.75, 3.05) is 32.4 Å². The average Bonchev–Trinajstić information content (AvgIpc) is 2.48. The molecule has 0 unspecified atom stereocenters. The highest BCUT2D eigenvalue weighted by atomic mass is 32.2. The van der Waals surface area contributed by atoms with E-state index >= 15 is 0 Å². The number of hydrogen-bond donors (Lipinski definition) is 1. The summed E-state index contributed by atoms with van der Waals surface area (Å²) in [5, 5.41) is 3.90. The standard InChI is InChI=1S/C16H32N2S/c1-3-11-18-12-7-15(8-13-18)17-14-16(19-2)9-5-4-6-10-16/h15,17H,3-14H2,1-2H3. The molecule has 0 aromatic carbocycles. The number of thioether (sulfide) groups is 1. The van der Waals surface area contributed by atoms with Gasteiger partial charge in [0, 0.05) is 17.3 Å². The van der Waals surface area contributed by atoms with Crippen LogP contribution in [0.1, 0.15) is 58.3 Å². The molecule has 1 aliphatic carbocycles. The molecule has 0 radical (unpaired) electrons. The predicted molar refractivity (Wildman–Crippen MR) is 87.1 cm³/mol. The van der Waals surface area contributed by atoms with Crippen LogP contribution in [-0.2, 0) is 0 Å². The maximum atomic E-state index is 3.90. The third kappa shape index (κ3) is 4.64. The fourth-order valence-electron chi connectivity index (χ4n) is 3.66. The van der Waals surface area contributed by atoms with E-state index in [9.17, 15) is 0 Å². The molecule has 0 bridgehead atoms. The molecule has 0 aromatic rings. The summed E-state index contributed by atoms with van der Waals surface area (Å²) < 4.78 is 0.554. The van der Waals surface area contributed by atoms with Crippen LogP contribution < -0.4 is 5.32 Å². The molecule has 112 valence electrons. The second-order valence-corrected chi connectivity index (χ2v) is 7.72. The summed E-state index contributed by atoms with van der Waals surface area (Å²) in [5.74, 6) is 0. The van der Waals surface area contributed by atoms with Gasteiger partial charge >= 0.3 is 0 Å². The molecule has 0 amide bonds. The zero-order valence-electron chi connectivity index (χ0n) is 12.9. The number of piperidine rings is 1. The lowest BCUT2D eigenvalue weighted by Crippen LogP contribution is -2.48. The van der Waals surface area contributed by atoms with Crippen LogP contribution >= 0.6 is 11.8 Å². The minimum Gasteiger partial charge on any atom is -0.313 e. The summed E-state index contributed by atoms with van der Waals surface area (Å²) in [6.07, 6.45) is 13.5. The van der Waals surface area contributed by atoms with Crippen molar-refractivity contribution in [2.24, 2.45) is 0 Å². The normalized spacial score (nSPS) is 25.6. The van der Waals surface area contributed by atoms with Crippen LogP contribution in [0.15, 0.2) is 0 Å². The Bertz CT molecular complexity index is 243. The Morgan fingerprint density at radius 2 is 1.84 bits per heavy atom. The van der Waals surface area contributed by atoms with Crippen LogP contribution in [0.25, 0.3) is 0 Å². The van der Waals surface area contributed by atoms with Crippen LogP contribution in [0.4, 0.5) is 0 Å². The first-order valence-corrected chi connectivity index (χ1v) is 9.51. The lowest BCUT2D eigenvalue weighted by Gasteiger charge is -2.39. The molecule has 1 saturated carbocycles. The molecule has 1 aliphatic heterocycles. The van der Waals surface area contributed by atoms with E-state index < -0.39 is 0 Å². The van der Waals surface area contributed by atoms with Crippen molar-refractivity contribution in [1.82, 2.24) is 10.2 Å². The Hall–Kier alpha value is 0.270. The molecule has 2 rings (SSSR count). The van der Waals surface area contributed by atoms with E-state index in [4.69, 9.17) is 0 Å². The van der Waals surface area contributed by atoms with Crippen molar-refractivity contribution < 1.29 is 0 Å². The van der Waals surface area contributed by atoms with Gasteiger partial charge in [-0.1, -0.05) is 26.2 Å². The van der Waals surface area contributed by atoms with Crippen molar-refractivity contribution in [3.63, 3.8) is 0 Å². The van der Waals surface area contributed by atoms with Gasteiger partial charge in [-0.25, -0.2) is 0 Å². The van der Waals surface area contributed by atoms with Crippen molar-refractivity contribution in [3.8, 4) is 0 Å². The van der Waals surface area contributed by atoms with E-state index in [2.05, 4.69) is 35.2 Å². The Kier molecular flexibility index (Phi) is 6.51. The van der Waals surface area contributed by atoms with Crippen LogP contribution in [-0.4, -0.2) is 48.1 Å². The first-order valence-electron chi connectivity index (χ1n) is 8.29. The van der Waals surface area contributed by atoms with Crippen molar-refractivity contribution >= 4 is 11.8 Å². The van der Waals surface area contributed by atoms with E-state index in [1.54, 1.807) is 0 Å². The molecule has 0 aromatic heterocycles. The fourth-order valence-corrected chi connectivity index (χ4v) is 4.58. The molecule has 0 atom stereocenters. The van der Waals surface area contributed by atoms with E-state index in [-0.39, 0.29) is 0 Å². The van der Waals surface area contributed by atoms with E-state index in [1.807, 2.05) is 0 Å². The molecular formula is C16H32N2S. The minimum atomic E-state index is 0.554.